The summed E-state index contributed by atoms with van der Waals surface area (Å²) in [6.07, 6.45) is 0. The van der Waals surface area contributed by atoms with Gasteiger partial charge in [-0.3, -0.25) is 24.6 Å². The number of aliphatic hydroxyl groups is 1. The number of carbonyl (C=O) groups is 2. The molecule has 3 aromatic rings. The Morgan fingerprint density at radius 1 is 0.935 bits per heavy atom. The van der Waals surface area contributed by atoms with Gasteiger partial charge in [-0.2, -0.15) is 0 Å². The van der Waals surface area contributed by atoms with Crippen molar-refractivity contribution >= 4 is 28.8 Å². The fraction of sp³-hybridized carbons (Fsp3) is 0.0435. The van der Waals surface area contributed by atoms with Crippen LogP contribution in [0.5, 0.6) is 0 Å². The molecule has 1 atom stereocenters. The summed E-state index contributed by atoms with van der Waals surface area (Å²) in [5.41, 5.74) is -0.101. The summed E-state index contributed by atoms with van der Waals surface area (Å²) in [7, 11) is 0. The third-order valence-corrected chi connectivity index (χ3v) is 5.02. The molecule has 1 fully saturated rings. The number of nitro benzene ring substituents is 1. The van der Waals surface area contributed by atoms with Crippen LogP contribution in [0.3, 0.4) is 0 Å². The molecule has 1 aliphatic rings. The van der Waals surface area contributed by atoms with Crippen molar-refractivity contribution in [2.45, 2.75) is 6.04 Å². The lowest BCUT2D eigenvalue weighted by Crippen LogP contribution is -2.29. The number of hydrogen-bond donors (Lipinski definition) is 1. The molecule has 1 amide bonds. The van der Waals surface area contributed by atoms with Gasteiger partial charge in [0.15, 0.2) is 0 Å². The average Bonchev–Trinajstić information content (AvgIpc) is 3.05. The molecular weight excluding hydrogens is 403 g/mol. The molecule has 7 nitrogen and oxygen atoms in total. The molecule has 31 heavy (non-hydrogen) atoms. The van der Waals surface area contributed by atoms with Gasteiger partial charge in [-0.1, -0.05) is 30.3 Å². The molecule has 1 saturated heterocycles. The normalized spacial score (nSPS) is 17.7. The molecule has 154 valence electrons. The molecule has 0 saturated carbocycles. The highest BCUT2D eigenvalue weighted by Gasteiger charge is 2.48. The van der Waals surface area contributed by atoms with Crippen LogP contribution in [0.1, 0.15) is 17.2 Å². The van der Waals surface area contributed by atoms with E-state index in [1.54, 1.807) is 36.4 Å². The standard InChI is InChI=1S/C23H15FN2O5/c24-15-12-10-14(11-13-15)21(27)19-20(17-8-4-5-9-18(17)26(30)31)25(23(29)22(19)28)16-6-2-1-3-7-16/h1-13,20,27H/t20-/m0/s1. The lowest BCUT2D eigenvalue weighted by molar-refractivity contribution is -0.385. The molecule has 1 N–H and O–H groups in total. The Labute approximate surface area is 175 Å². The molecule has 0 radical (unpaired) electrons. The number of para-hydroxylation sites is 2. The second-order valence-electron chi connectivity index (χ2n) is 6.83. The number of hydrogen-bond acceptors (Lipinski definition) is 5. The van der Waals surface area contributed by atoms with Gasteiger partial charge in [0.25, 0.3) is 17.4 Å². The van der Waals surface area contributed by atoms with E-state index in [9.17, 15) is 29.2 Å². The van der Waals surface area contributed by atoms with Gasteiger partial charge in [-0.15, -0.1) is 0 Å². The molecule has 8 heteroatoms. The number of ketones is 1. The maximum absolute atomic E-state index is 13.3. The molecule has 0 aromatic heterocycles. The number of rotatable bonds is 4. The number of Topliss-reactive ketones (excluding diaryl/α,β-unsaturated/α-hetero) is 1. The first-order chi connectivity index (χ1) is 14.9. The molecular formula is C23H15FN2O5. The Morgan fingerprint density at radius 3 is 2.19 bits per heavy atom. The summed E-state index contributed by atoms with van der Waals surface area (Å²) in [6.45, 7) is 0. The zero-order valence-corrected chi connectivity index (χ0v) is 15.9. The largest absolute Gasteiger partial charge is 0.507 e. The van der Waals surface area contributed by atoms with E-state index in [1.807, 2.05) is 0 Å². The third-order valence-electron chi connectivity index (χ3n) is 5.02. The van der Waals surface area contributed by atoms with E-state index in [1.165, 1.54) is 30.3 Å². The van der Waals surface area contributed by atoms with E-state index in [-0.39, 0.29) is 22.4 Å². The van der Waals surface area contributed by atoms with Crippen molar-refractivity contribution in [2.24, 2.45) is 0 Å². The SMILES string of the molecule is O=C1C(=O)N(c2ccccc2)[C@@H](c2ccccc2[N+](=O)[O-])C1=C(O)c1ccc(F)cc1. The third kappa shape index (κ3) is 3.44. The highest BCUT2D eigenvalue weighted by Crippen LogP contribution is 2.44. The predicted octanol–water partition coefficient (Wildman–Crippen LogP) is 4.36. The topological polar surface area (TPSA) is 101 Å². The van der Waals surface area contributed by atoms with E-state index >= 15 is 0 Å². The van der Waals surface area contributed by atoms with E-state index in [2.05, 4.69) is 0 Å². The fourth-order valence-electron chi connectivity index (χ4n) is 3.63. The maximum atomic E-state index is 13.3. The first-order valence-corrected chi connectivity index (χ1v) is 9.25. The van der Waals surface area contributed by atoms with Crippen LogP contribution in [0.4, 0.5) is 15.8 Å². The molecule has 1 heterocycles. The summed E-state index contributed by atoms with van der Waals surface area (Å²) in [6, 6.07) is 17.4. The minimum Gasteiger partial charge on any atom is -0.507 e. The second-order valence-corrected chi connectivity index (χ2v) is 6.83. The molecule has 0 aliphatic carbocycles. The molecule has 3 aromatic carbocycles. The van der Waals surface area contributed by atoms with E-state index < -0.39 is 34.2 Å². The van der Waals surface area contributed by atoms with Crippen LogP contribution in [-0.4, -0.2) is 21.7 Å². The van der Waals surface area contributed by atoms with E-state index in [0.717, 1.165) is 17.0 Å². The number of benzene rings is 3. The quantitative estimate of drug-likeness (QED) is 0.223. The Balaban J connectivity index is 2.01. The fourth-order valence-corrected chi connectivity index (χ4v) is 3.63. The highest BCUT2D eigenvalue weighted by molar-refractivity contribution is 6.51. The molecule has 4 rings (SSSR count). The number of carbonyl (C=O) groups excluding carboxylic acids is 2. The van der Waals surface area contributed by atoms with Gasteiger partial charge in [-0.25, -0.2) is 4.39 Å². The van der Waals surface area contributed by atoms with E-state index in [4.69, 9.17) is 0 Å². The van der Waals surface area contributed by atoms with Crippen molar-refractivity contribution in [3.05, 3.63) is 111 Å². The molecule has 0 spiro atoms. The molecule has 0 unspecified atom stereocenters. The second kappa shape index (κ2) is 7.83. The highest BCUT2D eigenvalue weighted by atomic mass is 19.1. The number of anilines is 1. The Kier molecular flexibility index (Phi) is 5.04. The van der Waals surface area contributed by atoms with Crippen LogP contribution in [0.15, 0.2) is 84.4 Å². The number of halogens is 1. The van der Waals surface area contributed by atoms with Gasteiger partial charge in [-0.05, 0) is 42.5 Å². The van der Waals surface area contributed by atoms with Crippen molar-refractivity contribution in [3.8, 4) is 0 Å². The van der Waals surface area contributed by atoms with Crippen LogP contribution in [0.25, 0.3) is 5.76 Å². The summed E-state index contributed by atoms with van der Waals surface area (Å²) >= 11 is 0. The van der Waals surface area contributed by atoms with Gasteiger partial charge >= 0.3 is 0 Å². The maximum Gasteiger partial charge on any atom is 0.300 e. The monoisotopic (exact) mass is 418 g/mol. The lowest BCUT2D eigenvalue weighted by atomic mass is 9.94. The van der Waals surface area contributed by atoms with Gasteiger partial charge in [0.05, 0.1) is 16.1 Å². The van der Waals surface area contributed by atoms with Crippen molar-refractivity contribution in [3.63, 3.8) is 0 Å². The minimum absolute atomic E-state index is 0.0687. The summed E-state index contributed by atoms with van der Waals surface area (Å²) in [5.74, 6) is -3.01. The van der Waals surface area contributed by atoms with Gasteiger partial charge in [0.2, 0.25) is 0 Å². The number of amides is 1. The lowest BCUT2D eigenvalue weighted by Gasteiger charge is -2.25. The molecule has 0 bridgehead atoms. The minimum atomic E-state index is -1.24. The number of nitrogens with zero attached hydrogens (tertiary/aromatic N) is 2. The summed E-state index contributed by atoms with van der Waals surface area (Å²) in [4.78, 5) is 38.1. The van der Waals surface area contributed by atoms with Gasteiger partial charge in [0.1, 0.15) is 17.6 Å². The van der Waals surface area contributed by atoms with Crippen LogP contribution < -0.4 is 4.90 Å². The van der Waals surface area contributed by atoms with Crippen LogP contribution >= 0.6 is 0 Å². The Hall–Kier alpha value is -4.33. The van der Waals surface area contributed by atoms with E-state index in [0.29, 0.717) is 5.69 Å². The van der Waals surface area contributed by atoms with Crippen molar-refractivity contribution in [1.82, 2.24) is 0 Å². The smallest absolute Gasteiger partial charge is 0.300 e. The van der Waals surface area contributed by atoms with Crippen molar-refractivity contribution < 1.29 is 24.0 Å². The van der Waals surface area contributed by atoms with Crippen LogP contribution in [-0.2, 0) is 9.59 Å². The number of nitro groups is 1. The first kappa shape index (κ1) is 20.0. The van der Waals surface area contributed by atoms with Crippen LogP contribution in [0.2, 0.25) is 0 Å². The number of aliphatic hydroxyl groups excluding tert-OH is 1. The Morgan fingerprint density at radius 2 is 1.55 bits per heavy atom. The summed E-state index contributed by atoms with van der Waals surface area (Å²) < 4.78 is 13.3. The zero-order chi connectivity index (χ0) is 22.1. The van der Waals surface area contributed by atoms with Crippen molar-refractivity contribution in [2.75, 3.05) is 4.90 Å². The van der Waals surface area contributed by atoms with Crippen LogP contribution in [0, 0.1) is 15.9 Å². The van der Waals surface area contributed by atoms with Gasteiger partial charge in [0, 0.05) is 17.3 Å². The average molecular weight is 418 g/mol. The summed E-state index contributed by atoms with van der Waals surface area (Å²) in [5, 5.41) is 22.6. The zero-order valence-electron chi connectivity index (χ0n) is 15.9. The van der Waals surface area contributed by atoms with Gasteiger partial charge < -0.3 is 5.11 Å². The van der Waals surface area contributed by atoms with Crippen molar-refractivity contribution in [1.29, 1.82) is 0 Å². The molecule has 1 aliphatic heterocycles. The first-order valence-electron chi connectivity index (χ1n) is 9.25. The predicted molar refractivity (Wildman–Crippen MR) is 111 cm³/mol. The Bertz CT molecular complexity index is 1220.